The summed E-state index contributed by atoms with van der Waals surface area (Å²) in [5, 5.41) is 18.4. The summed E-state index contributed by atoms with van der Waals surface area (Å²) in [4.78, 5) is 33.8. The van der Waals surface area contributed by atoms with Crippen LogP contribution in [0.4, 0.5) is 5.69 Å². The highest BCUT2D eigenvalue weighted by Crippen LogP contribution is 2.41. The van der Waals surface area contributed by atoms with Crippen molar-refractivity contribution >= 4 is 64.0 Å². The van der Waals surface area contributed by atoms with Gasteiger partial charge in [-0.25, -0.2) is 9.59 Å². The number of nitrogens with zero attached hydrogens (tertiary/aromatic N) is 1. The van der Waals surface area contributed by atoms with Crippen LogP contribution in [0.5, 0.6) is 0 Å². The number of carboxylic acids is 1. The fourth-order valence-corrected chi connectivity index (χ4v) is 2.97. The molecular weight excluding hydrogens is 432 g/mol. The van der Waals surface area contributed by atoms with E-state index in [0.717, 1.165) is 0 Å². The van der Waals surface area contributed by atoms with Crippen molar-refractivity contribution in [2.45, 2.75) is 6.61 Å². The Kier molecular flexibility index (Phi) is 6.30. The van der Waals surface area contributed by atoms with E-state index in [1.165, 1.54) is 24.3 Å². The van der Waals surface area contributed by atoms with E-state index in [2.05, 4.69) is 0 Å². The normalized spacial score (nSPS) is 10.5. The van der Waals surface area contributed by atoms with Crippen LogP contribution in [0.25, 0.3) is 0 Å². The van der Waals surface area contributed by atoms with Gasteiger partial charge < -0.3 is 9.84 Å². The zero-order valence-electron chi connectivity index (χ0n) is 12.5. The number of nitro groups is 1. The van der Waals surface area contributed by atoms with Gasteiger partial charge in [0.15, 0.2) is 0 Å². The zero-order chi connectivity index (χ0) is 19.6. The molecule has 0 amide bonds. The fourth-order valence-electron chi connectivity index (χ4n) is 1.96. The molecule has 7 nitrogen and oxygen atoms in total. The van der Waals surface area contributed by atoms with Crippen molar-refractivity contribution in [2.24, 2.45) is 0 Å². The number of aromatic carboxylic acids is 1. The number of benzene rings is 2. The first-order valence-electron chi connectivity index (χ1n) is 6.64. The van der Waals surface area contributed by atoms with Crippen LogP contribution in [0.3, 0.4) is 0 Å². The third-order valence-electron chi connectivity index (χ3n) is 3.20. The number of carbonyl (C=O) groups is 2. The second-order valence-electron chi connectivity index (χ2n) is 4.81. The maximum Gasteiger partial charge on any atom is 0.340 e. The van der Waals surface area contributed by atoms with Gasteiger partial charge in [-0.3, -0.25) is 10.1 Å². The summed E-state index contributed by atoms with van der Waals surface area (Å²) in [6, 6.07) is 5.23. The van der Waals surface area contributed by atoms with E-state index in [9.17, 15) is 24.8 Å². The molecule has 0 saturated heterocycles. The number of halogens is 4. The summed E-state index contributed by atoms with van der Waals surface area (Å²) in [7, 11) is 0. The van der Waals surface area contributed by atoms with Gasteiger partial charge in [0.2, 0.25) is 0 Å². The van der Waals surface area contributed by atoms with Crippen LogP contribution in [-0.4, -0.2) is 22.0 Å². The Bertz CT molecular complexity index is 914. The summed E-state index contributed by atoms with van der Waals surface area (Å²) in [6.07, 6.45) is 0. The molecule has 2 aromatic rings. The van der Waals surface area contributed by atoms with Crippen LogP contribution in [0, 0.1) is 10.1 Å². The number of carboxylic acid groups (broad SMARTS) is 1. The van der Waals surface area contributed by atoms with Gasteiger partial charge in [0, 0.05) is 12.1 Å². The van der Waals surface area contributed by atoms with E-state index in [1.54, 1.807) is 0 Å². The average molecular weight is 439 g/mol. The Morgan fingerprint density at radius 2 is 1.46 bits per heavy atom. The zero-order valence-corrected chi connectivity index (χ0v) is 15.5. The molecule has 0 spiro atoms. The first-order valence-corrected chi connectivity index (χ1v) is 8.16. The number of nitro benzene ring substituents is 1. The van der Waals surface area contributed by atoms with Crippen LogP contribution in [0.1, 0.15) is 26.3 Å². The predicted octanol–water partition coefficient (Wildman–Crippen LogP) is 5.26. The quantitative estimate of drug-likeness (QED) is 0.224. The maximum absolute atomic E-state index is 12.3. The summed E-state index contributed by atoms with van der Waals surface area (Å²) in [6.45, 7) is -0.288. The van der Waals surface area contributed by atoms with Gasteiger partial charge in [0.05, 0.1) is 36.1 Å². The van der Waals surface area contributed by atoms with Crippen molar-refractivity contribution < 1.29 is 24.4 Å². The molecule has 0 unspecified atom stereocenters. The third-order valence-corrected chi connectivity index (χ3v) is 5.00. The molecule has 0 aromatic heterocycles. The summed E-state index contributed by atoms with van der Waals surface area (Å²) in [5.41, 5.74) is -0.879. The van der Waals surface area contributed by atoms with Crippen LogP contribution in [0.2, 0.25) is 20.1 Å². The number of hydrogen-bond acceptors (Lipinski definition) is 5. The molecule has 2 aromatic carbocycles. The van der Waals surface area contributed by atoms with Crippen molar-refractivity contribution in [1.29, 1.82) is 0 Å². The molecule has 0 radical (unpaired) electrons. The van der Waals surface area contributed by atoms with Gasteiger partial charge in [-0.05, 0) is 17.7 Å². The molecule has 11 heteroatoms. The van der Waals surface area contributed by atoms with E-state index in [4.69, 9.17) is 51.1 Å². The smallest absolute Gasteiger partial charge is 0.340 e. The molecule has 1 N–H and O–H groups in total. The summed E-state index contributed by atoms with van der Waals surface area (Å²) in [5.74, 6) is -2.64. The first kappa shape index (κ1) is 20.3. The van der Waals surface area contributed by atoms with Crippen LogP contribution < -0.4 is 0 Å². The third kappa shape index (κ3) is 4.02. The molecule has 0 saturated carbocycles. The lowest BCUT2D eigenvalue weighted by Crippen LogP contribution is -2.14. The van der Waals surface area contributed by atoms with Gasteiger partial charge in [0.25, 0.3) is 5.69 Å². The molecule has 0 atom stereocenters. The Morgan fingerprint density at radius 1 is 0.962 bits per heavy atom. The highest BCUT2D eigenvalue weighted by Gasteiger charge is 2.29. The number of carbonyl (C=O) groups excluding carboxylic acids is 1. The van der Waals surface area contributed by atoms with E-state index in [0.29, 0.717) is 5.56 Å². The molecule has 26 heavy (non-hydrogen) atoms. The highest BCUT2D eigenvalue weighted by atomic mass is 35.5. The summed E-state index contributed by atoms with van der Waals surface area (Å²) >= 11 is 23.5. The van der Waals surface area contributed by atoms with Crippen molar-refractivity contribution in [1.82, 2.24) is 0 Å². The number of hydrogen-bond donors (Lipinski definition) is 1. The van der Waals surface area contributed by atoms with Gasteiger partial charge in [-0.1, -0.05) is 46.4 Å². The minimum absolute atomic E-state index is 0.132. The number of esters is 1. The monoisotopic (exact) mass is 437 g/mol. The van der Waals surface area contributed by atoms with Crippen molar-refractivity contribution in [3.63, 3.8) is 0 Å². The highest BCUT2D eigenvalue weighted by molar-refractivity contribution is 6.54. The maximum atomic E-state index is 12.3. The number of non-ortho nitro benzene ring substituents is 1. The van der Waals surface area contributed by atoms with E-state index < -0.39 is 38.0 Å². The predicted molar refractivity (Wildman–Crippen MR) is 95.7 cm³/mol. The Hall–Kier alpha value is -2.06. The van der Waals surface area contributed by atoms with Crippen LogP contribution >= 0.6 is 46.4 Å². The summed E-state index contributed by atoms with van der Waals surface area (Å²) < 4.78 is 5.02. The second-order valence-corrected chi connectivity index (χ2v) is 6.32. The average Bonchev–Trinajstić information content (AvgIpc) is 2.60. The topological polar surface area (TPSA) is 107 Å². The van der Waals surface area contributed by atoms with Crippen LogP contribution in [-0.2, 0) is 11.3 Å². The lowest BCUT2D eigenvalue weighted by atomic mass is 10.1. The van der Waals surface area contributed by atoms with Crippen molar-refractivity contribution in [3.8, 4) is 0 Å². The Labute approximate surface area is 166 Å². The minimum Gasteiger partial charge on any atom is -0.478 e. The minimum atomic E-state index is -1.54. The molecule has 0 bridgehead atoms. The molecule has 0 aliphatic carbocycles. The SMILES string of the molecule is O=C(O)c1c(Cl)c(Cl)c(Cl)c(Cl)c1C(=O)OCc1ccc([N+](=O)[O-])cc1. The van der Waals surface area contributed by atoms with Gasteiger partial charge in [-0.15, -0.1) is 0 Å². The number of rotatable bonds is 5. The molecule has 0 heterocycles. The lowest BCUT2D eigenvalue weighted by molar-refractivity contribution is -0.384. The van der Waals surface area contributed by atoms with Crippen molar-refractivity contribution in [2.75, 3.05) is 0 Å². The molecule has 0 fully saturated rings. The molecule has 2 rings (SSSR count). The number of ether oxygens (including phenoxy) is 1. The van der Waals surface area contributed by atoms with Gasteiger partial charge in [0.1, 0.15) is 6.61 Å². The molecule has 0 aliphatic heterocycles. The van der Waals surface area contributed by atoms with E-state index >= 15 is 0 Å². The Balaban J connectivity index is 2.32. The largest absolute Gasteiger partial charge is 0.478 e. The molecule has 0 aliphatic rings. The molecule has 136 valence electrons. The lowest BCUT2D eigenvalue weighted by Gasteiger charge is -2.13. The van der Waals surface area contributed by atoms with Crippen LogP contribution in [0.15, 0.2) is 24.3 Å². The van der Waals surface area contributed by atoms with Crippen molar-refractivity contribution in [3.05, 3.63) is 71.2 Å². The van der Waals surface area contributed by atoms with Gasteiger partial charge >= 0.3 is 11.9 Å². The van der Waals surface area contributed by atoms with Gasteiger partial charge in [-0.2, -0.15) is 0 Å². The molecular formula is C15H7Cl4NO6. The fraction of sp³-hybridized carbons (Fsp3) is 0.0667. The standard InChI is InChI=1S/C15H7Cl4NO6/c16-10-8(14(21)22)9(11(17)13(19)12(10)18)15(23)26-5-6-1-3-7(4-2-6)20(24)25/h1-4H,5H2,(H,21,22). The second kappa shape index (κ2) is 8.09. The van der Waals surface area contributed by atoms with E-state index in [1.807, 2.05) is 0 Å². The Morgan fingerprint density at radius 3 is 1.92 bits per heavy atom. The first-order chi connectivity index (χ1) is 12.1. The van der Waals surface area contributed by atoms with E-state index in [-0.39, 0.29) is 22.3 Å².